The summed E-state index contributed by atoms with van der Waals surface area (Å²) in [6.45, 7) is 0. The van der Waals surface area contributed by atoms with Crippen molar-refractivity contribution in [3.05, 3.63) is 23.5 Å². The fourth-order valence-electron chi connectivity index (χ4n) is 0.703. The Bertz CT molecular complexity index is 354. The molecule has 0 aliphatic rings. The van der Waals surface area contributed by atoms with E-state index >= 15 is 0 Å². The molecule has 0 aromatic carbocycles. The minimum atomic E-state index is 0.541. The zero-order valence-electron chi connectivity index (χ0n) is 5.79. The summed E-state index contributed by atoms with van der Waals surface area (Å²) in [6, 6.07) is 0. The summed E-state index contributed by atoms with van der Waals surface area (Å²) in [5, 5.41) is 10.6. The summed E-state index contributed by atoms with van der Waals surface area (Å²) in [5.74, 6) is 0. The van der Waals surface area contributed by atoms with E-state index in [4.69, 9.17) is 0 Å². The molecule has 2 heterocycles. The van der Waals surface area contributed by atoms with Crippen LogP contribution in [0.5, 0.6) is 0 Å². The van der Waals surface area contributed by atoms with E-state index in [1.807, 2.05) is 0 Å². The molecule has 0 atom stereocenters. The van der Waals surface area contributed by atoms with Crippen molar-refractivity contribution in [1.82, 2.24) is 30.2 Å². The highest BCUT2D eigenvalue weighted by atomic mass is 79.9. The molecule has 0 aliphatic carbocycles. The average molecular weight is 227 g/mol. The van der Waals surface area contributed by atoms with Crippen LogP contribution in [0.15, 0.2) is 23.5 Å². The van der Waals surface area contributed by atoms with Gasteiger partial charge in [-0.25, -0.2) is 9.97 Å². The Morgan fingerprint density at radius 2 is 2.00 bits per heavy atom. The third-order valence-electron chi connectivity index (χ3n) is 1.22. The molecule has 0 radical (unpaired) electrons. The molecular formula is C5H3BrN6. The van der Waals surface area contributed by atoms with Crippen molar-refractivity contribution in [2.24, 2.45) is 0 Å². The number of hydrogen-bond donors (Lipinski definition) is 0. The van der Waals surface area contributed by atoms with Crippen molar-refractivity contribution < 1.29 is 0 Å². The first-order chi connectivity index (χ1) is 5.86. The molecule has 7 heteroatoms. The van der Waals surface area contributed by atoms with Crippen molar-refractivity contribution in [3.63, 3.8) is 0 Å². The van der Waals surface area contributed by atoms with Gasteiger partial charge in [-0.2, -0.15) is 4.68 Å². The van der Waals surface area contributed by atoms with Crippen LogP contribution in [0.4, 0.5) is 0 Å². The van der Waals surface area contributed by atoms with Gasteiger partial charge in [0, 0.05) is 0 Å². The number of tetrazole rings is 1. The molecule has 0 fully saturated rings. The molecule has 0 bridgehead atoms. The summed E-state index contributed by atoms with van der Waals surface area (Å²) >= 11 is 3.13. The molecule has 0 aliphatic heterocycles. The Morgan fingerprint density at radius 3 is 2.58 bits per heavy atom. The van der Waals surface area contributed by atoms with Gasteiger partial charge in [0.25, 0.3) is 0 Å². The highest BCUT2D eigenvalue weighted by molar-refractivity contribution is 9.10. The molecule has 0 spiro atoms. The lowest BCUT2D eigenvalue weighted by Crippen LogP contribution is -1.96. The molecular weight excluding hydrogens is 224 g/mol. The summed E-state index contributed by atoms with van der Waals surface area (Å²) in [5.41, 5.74) is 0.725. The first-order valence-corrected chi connectivity index (χ1v) is 3.86. The lowest BCUT2D eigenvalue weighted by Gasteiger charge is -1.95. The average Bonchev–Trinajstić information content (AvgIpc) is 2.58. The van der Waals surface area contributed by atoms with E-state index < -0.39 is 0 Å². The third-order valence-corrected chi connectivity index (χ3v) is 1.63. The predicted molar refractivity (Wildman–Crippen MR) is 42.4 cm³/mol. The van der Waals surface area contributed by atoms with E-state index in [1.54, 1.807) is 12.4 Å². The number of rotatable bonds is 1. The maximum Gasteiger partial charge on any atom is 0.196 e. The van der Waals surface area contributed by atoms with E-state index in [0.717, 1.165) is 5.69 Å². The minimum Gasteiger partial charge on any atom is -0.228 e. The van der Waals surface area contributed by atoms with Gasteiger partial charge in [0.1, 0.15) is 12.0 Å². The first-order valence-electron chi connectivity index (χ1n) is 3.07. The van der Waals surface area contributed by atoms with Crippen LogP contribution in [-0.4, -0.2) is 30.2 Å². The lowest BCUT2D eigenvalue weighted by molar-refractivity contribution is 0.780. The standard InChI is InChI=1S/C5H3BrN6/c6-5-7-1-4(2-8-5)12-3-9-10-11-12/h1-3H. The van der Waals surface area contributed by atoms with E-state index in [1.165, 1.54) is 11.0 Å². The number of aromatic nitrogens is 6. The van der Waals surface area contributed by atoms with Crippen LogP contribution in [0.2, 0.25) is 0 Å². The topological polar surface area (TPSA) is 69.4 Å². The Morgan fingerprint density at radius 1 is 1.25 bits per heavy atom. The summed E-state index contributed by atoms with van der Waals surface area (Å²) in [7, 11) is 0. The van der Waals surface area contributed by atoms with Crippen molar-refractivity contribution in [2.45, 2.75) is 0 Å². The number of halogens is 1. The molecule has 0 unspecified atom stereocenters. The van der Waals surface area contributed by atoms with Crippen LogP contribution in [0.3, 0.4) is 0 Å². The molecule has 0 saturated carbocycles. The van der Waals surface area contributed by atoms with E-state index in [2.05, 4.69) is 41.4 Å². The molecule has 2 aromatic heterocycles. The molecule has 60 valence electrons. The van der Waals surface area contributed by atoms with Gasteiger partial charge in [0.05, 0.1) is 12.4 Å². The maximum atomic E-state index is 3.92. The van der Waals surface area contributed by atoms with Gasteiger partial charge in [-0.3, -0.25) is 0 Å². The van der Waals surface area contributed by atoms with Crippen molar-refractivity contribution in [1.29, 1.82) is 0 Å². The highest BCUT2D eigenvalue weighted by Crippen LogP contribution is 2.04. The van der Waals surface area contributed by atoms with Crippen LogP contribution in [-0.2, 0) is 0 Å². The van der Waals surface area contributed by atoms with Crippen LogP contribution in [0.25, 0.3) is 5.69 Å². The van der Waals surface area contributed by atoms with Gasteiger partial charge in [0.15, 0.2) is 4.73 Å². The van der Waals surface area contributed by atoms with Crippen LogP contribution in [0, 0.1) is 0 Å². The molecule has 0 saturated heterocycles. The van der Waals surface area contributed by atoms with Gasteiger partial charge in [0.2, 0.25) is 0 Å². The van der Waals surface area contributed by atoms with Gasteiger partial charge in [-0.05, 0) is 26.4 Å². The fraction of sp³-hybridized carbons (Fsp3) is 0. The summed E-state index contributed by atoms with van der Waals surface area (Å²) in [6.07, 6.45) is 4.72. The monoisotopic (exact) mass is 226 g/mol. The van der Waals surface area contributed by atoms with E-state index in [-0.39, 0.29) is 0 Å². The quantitative estimate of drug-likeness (QED) is 0.651. The second kappa shape index (κ2) is 2.94. The summed E-state index contributed by atoms with van der Waals surface area (Å²) < 4.78 is 2.02. The van der Waals surface area contributed by atoms with Crippen molar-refractivity contribution in [3.8, 4) is 5.69 Å². The molecule has 2 rings (SSSR count). The maximum absolute atomic E-state index is 3.92. The smallest absolute Gasteiger partial charge is 0.196 e. The van der Waals surface area contributed by atoms with Crippen LogP contribution in [0.1, 0.15) is 0 Å². The molecule has 12 heavy (non-hydrogen) atoms. The third kappa shape index (κ3) is 1.30. The highest BCUT2D eigenvalue weighted by Gasteiger charge is 1.97. The van der Waals surface area contributed by atoms with Gasteiger partial charge in [-0.15, -0.1) is 5.10 Å². The minimum absolute atomic E-state index is 0.541. The Kier molecular flexibility index (Phi) is 1.78. The van der Waals surface area contributed by atoms with E-state index in [9.17, 15) is 0 Å². The Balaban J connectivity index is 2.43. The second-order valence-corrected chi connectivity index (χ2v) is 2.67. The predicted octanol–water partition coefficient (Wildman–Crippen LogP) is 0.215. The van der Waals surface area contributed by atoms with Crippen LogP contribution >= 0.6 is 15.9 Å². The van der Waals surface area contributed by atoms with Gasteiger partial charge in [-0.1, -0.05) is 0 Å². The van der Waals surface area contributed by atoms with E-state index in [0.29, 0.717) is 4.73 Å². The molecule has 2 aromatic rings. The Hall–Kier alpha value is -1.37. The molecule has 0 N–H and O–H groups in total. The zero-order valence-corrected chi connectivity index (χ0v) is 7.38. The molecule has 6 nitrogen and oxygen atoms in total. The van der Waals surface area contributed by atoms with Crippen LogP contribution < -0.4 is 0 Å². The first kappa shape index (κ1) is 7.29. The number of hydrogen-bond acceptors (Lipinski definition) is 5. The second-order valence-electron chi connectivity index (χ2n) is 1.96. The fourth-order valence-corrected chi connectivity index (χ4v) is 0.908. The SMILES string of the molecule is Brc1ncc(-n2cnnn2)cn1. The van der Waals surface area contributed by atoms with Gasteiger partial charge < -0.3 is 0 Å². The Labute approximate surface area is 75.8 Å². The normalized spacial score (nSPS) is 10.1. The van der Waals surface area contributed by atoms with Crippen molar-refractivity contribution >= 4 is 15.9 Å². The summed E-state index contributed by atoms with van der Waals surface area (Å²) in [4.78, 5) is 7.85. The molecule has 0 amide bonds. The van der Waals surface area contributed by atoms with Gasteiger partial charge >= 0.3 is 0 Å². The number of nitrogens with zero attached hydrogens (tertiary/aromatic N) is 6. The lowest BCUT2D eigenvalue weighted by atomic mass is 10.5. The van der Waals surface area contributed by atoms with Crippen molar-refractivity contribution in [2.75, 3.05) is 0 Å². The zero-order chi connectivity index (χ0) is 8.39. The largest absolute Gasteiger partial charge is 0.228 e.